The number of nitrogens with zero attached hydrogens (tertiary/aromatic N) is 2. The number of allylic oxidation sites excluding steroid dienone is 1. The van der Waals surface area contributed by atoms with Gasteiger partial charge in [0.1, 0.15) is 6.04 Å². The summed E-state index contributed by atoms with van der Waals surface area (Å²) in [5.74, 6) is 1.25. The van der Waals surface area contributed by atoms with Crippen LogP contribution in [-0.2, 0) is 9.84 Å². The van der Waals surface area contributed by atoms with Gasteiger partial charge in [0.15, 0.2) is 15.7 Å². The first kappa shape index (κ1) is 17.0. The zero-order valence-corrected chi connectivity index (χ0v) is 15.1. The van der Waals surface area contributed by atoms with Crippen LogP contribution in [0.5, 0.6) is 0 Å². The number of carbonyl (C=O) groups excluding carboxylic acids is 1. The minimum atomic E-state index is -3.25. The summed E-state index contributed by atoms with van der Waals surface area (Å²) in [4.78, 5) is 17.2. The van der Waals surface area contributed by atoms with Crippen molar-refractivity contribution in [3.63, 3.8) is 0 Å². The molecular weight excluding hydrogens is 354 g/mol. The van der Waals surface area contributed by atoms with Gasteiger partial charge in [0.25, 0.3) is 5.91 Å². The maximum atomic E-state index is 12.5. The van der Waals surface area contributed by atoms with E-state index in [1.54, 1.807) is 37.3 Å². The van der Waals surface area contributed by atoms with Gasteiger partial charge in [-0.2, -0.15) is 4.98 Å². The second-order valence-electron chi connectivity index (χ2n) is 6.72. The summed E-state index contributed by atoms with van der Waals surface area (Å²) in [6.45, 7) is 1.77. The summed E-state index contributed by atoms with van der Waals surface area (Å²) in [7, 11) is -3.25. The second-order valence-corrected chi connectivity index (χ2v) is 8.79. The zero-order chi connectivity index (χ0) is 18.3. The summed E-state index contributed by atoms with van der Waals surface area (Å²) in [6, 6.07) is 6.20. The third-order valence-electron chi connectivity index (χ3n) is 4.58. The lowest BCUT2D eigenvalue weighted by Crippen LogP contribution is -2.27. The Hall–Kier alpha value is -2.48. The van der Waals surface area contributed by atoms with Crippen LogP contribution in [0.2, 0.25) is 0 Å². The van der Waals surface area contributed by atoms with Crippen molar-refractivity contribution in [1.82, 2.24) is 15.5 Å². The van der Waals surface area contributed by atoms with E-state index in [9.17, 15) is 13.2 Å². The molecule has 26 heavy (non-hydrogen) atoms. The van der Waals surface area contributed by atoms with Crippen molar-refractivity contribution in [3.8, 4) is 0 Å². The number of aromatic nitrogens is 2. The Kier molecular flexibility index (Phi) is 4.14. The minimum absolute atomic E-state index is 0.121. The predicted octanol–water partition coefficient (Wildman–Crippen LogP) is 2.60. The van der Waals surface area contributed by atoms with Crippen molar-refractivity contribution < 1.29 is 17.7 Å². The maximum Gasteiger partial charge on any atom is 0.251 e. The minimum Gasteiger partial charge on any atom is -0.341 e. The second kappa shape index (κ2) is 6.35. The van der Waals surface area contributed by atoms with E-state index in [0.717, 1.165) is 12.8 Å². The quantitative estimate of drug-likeness (QED) is 0.864. The highest BCUT2D eigenvalue weighted by Gasteiger charge is 2.30. The Bertz CT molecular complexity index is 989. The third kappa shape index (κ3) is 3.29. The van der Waals surface area contributed by atoms with Gasteiger partial charge < -0.3 is 9.84 Å². The van der Waals surface area contributed by atoms with Gasteiger partial charge in [0.05, 0.1) is 10.7 Å². The Morgan fingerprint density at radius 1 is 1.35 bits per heavy atom. The van der Waals surface area contributed by atoms with Crippen molar-refractivity contribution >= 4 is 20.6 Å². The van der Waals surface area contributed by atoms with Crippen molar-refractivity contribution in [1.29, 1.82) is 0 Å². The Labute approximate surface area is 151 Å². The van der Waals surface area contributed by atoms with E-state index in [-0.39, 0.29) is 11.7 Å². The molecule has 2 aromatic rings. The molecule has 1 saturated carbocycles. The molecule has 7 nitrogen and oxygen atoms in total. The van der Waals surface area contributed by atoms with E-state index in [0.29, 0.717) is 40.1 Å². The molecular formula is C18H19N3O4S. The van der Waals surface area contributed by atoms with Crippen molar-refractivity contribution in [2.45, 2.75) is 38.1 Å². The first-order valence-electron chi connectivity index (χ1n) is 8.62. The highest BCUT2D eigenvalue weighted by atomic mass is 32.2. The monoisotopic (exact) mass is 373 g/mol. The number of amides is 1. The molecule has 1 aliphatic carbocycles. The van der Waals surface area contributed by atoms with Crippen molar-refractivity contribution in [2.24, 2.45) is 0 Å². The van der Waals surface area contributed by atoms with Gasteiger partial charge in [-0.1, -0.05) is 23.4 Å². The van der Waals surface area contributed by atoms with E-state index < -0.39 is 15.9 Å². The molecule has 2 aliphatic rings. The smallest absolute Gasteiger partial charge is 0.251 e. The van der Waals surface area contributed by atoms with Gasteiger partial charge in [-0.3, -0.25) is 4.79 Å². The average Bonchev–Trinajstić information content (AvgIpc) is 3.23. The molecule has 4 rings (SSSR count). The Morgan fingerprint density at radius 2 is 2.15 bits per heavy atom. The van der Waals surface area contributed by atoms with Crippen LogP contribution in [0.4, 0.5) is 0 Å². The summed E-state index contributed by atoms with van der Waals surface area (Å²) in [6.07, 6.45) is 4.36. The number of sulfone groups is 1. The summed E-state index contributed by atoms with van der Waals surface area (Å²) >= 11 is 0. The average molecular weight is 373 g/mol. The number of carbonyl (C=O) groups is 1. The number of nitrogens with one attached hydrogen (secondary N) is 1. The number of rotatable bonds is 5. The third-order valence-corrected chi connectivity index (χ3v) is 6.42. The molecule has 1 aliphatic heterocycles. The van der Waals surface area contributed by atoms with Crippen LogP contribution < -0.4 is 5.32 Å². The first-order chi connectivity index (χ1) is 12.4. The van der Waals surface area contributed by atoms with Gasteiger partial charge in [-0.15, -0.1) is 0 Å². The lowest BCUT2D eigenvalue weighted by Gasteiger charge is -2.11. The van der Waals surface area contributed by atoms with Crippen molar-refractivity contribution in [3.05, 3.63) is 53.2 Å². The number of hydrogen-bond acceptors (Lipinski definition) is 6. The Balaban J connectivity index is 1.50. The van der Waals surface area contributed by atoms with Crippen LogP contribution in [0.25, 0.3) is 4.91 Å². The van der Waals surface area contributed by atoms with E-state index in [4.69, 9.17) is 4.52 Å². The molecule has 0 bridgehead atoms. The highest BCUT2D eigenvalue weighted by molar-refractivity contribution is 8.00. The number of benzene rings is 1. The van der Waals surface area contributed by atoms with Crippen LogP contribution in [0.3, 0.4) is 0 Å². The van der Waals surface area contributed by atoms with Crippen LogP contribution >= 0.6 is 0 Å². The van der Waals surface area contributed by atoms with Gasteiger partial charge >= 0.3 is 0 Å². The molecule has 0 unspecified atom stereocenters. The van der Waals surface area contributed by atoms with Gasteiger partial charge in [0, 0.05) is 11.5 Å². The van der Waals surface area contributed by atoms with E-state index >= 15 is 0 Å². The van der Waals surface area contributed by atoms with E-state index in [1.807, 2.05) is 0 Å². The van der Waals surface area contributed by atoms with Crippen LogP contribution in [0, 0.1) is 0 Å². The van der Waals surface area contributed by atoms with Crippen LogP contribution in [-0.4, -0.2) is 30.2 Å². The Morgan fingerprint density at radius 3 is 2.85 bits per heavy atom. The zero-order valence-electron chi connectivity index (χ0n) is 14.3. The van der Waals surface area contributed by atoms with Crippen LogP contribution in [0.1, 0.15) is 65.8 Å². The normalized spacial score (nSPS) is 19.8. The van der Waals surface area contributed by atoms with E-state index in [1.165, 1.54) is 0 Å². The predicted molar refractivity (Wildman–Crippen MR) is 95.0 cm³/mol. The number of hydrogen-bond donors (Lipinski definition) is 1. The summed E-state index contributed by atoms with van der Waals surface area (Å²) < 4.78 is 29.4. The molecule has 1 N–H and O–H groups in total. The topological polar surface area (TPSA) is 102 Å². The molecule has 1 fully saturated rings. The molecule has 8 heteroatoms. The van der Waals surface area contributed by atoms with E-state index in [2.05, 4.69) is 15.5 Å². The summed E-state index contributed by atoms with van der Waals surface area (Å²) in [5, 5.41) is 6.77. The molecule has 0 saturated heterocycles. The molecule has 1 atom stereocenters. The maximum absolute atomic E-state index is 12.5. The molecule has 1 aromatic heterocycles. The lowest BCUT2D eigenvalue weighted by atomic mass is 10.1. The molecule has 2 heterocycles. The van der Waals surface area contributed by atoms with Gasteiger partial charge in [0.2, 0.25) is 5.89 Å². The molecule has 0 spiro atoms. The van der Waals surface area contributed by atoms with Gasteiger partial charge in [-0.05, 0) is 43.9 Å². The van der Waals surface area contributed by atoms with Crippen molar-refractivity contribution in [2.75, 3.05) is 5.75 Å². The van der Waals surface area contributed by atoms with Gasteiger partial charge in [-0.25, -0.2) is 8.42 Å². The standard InChI is InChI=1S/C18H19N3O4S/c1-11(18-20-16(21-25-18)12-7-8-12)19-17(22)14-5-2-4-13(10-14)15-6-3-9-26(15,23)24/h2,4-6,10-12H,3,7-9H2,1H3,(H,19,22)/t11-/m0/s1. The van der Waals surface area contributed by atoms with Crippen LogP contribution in [0.15, 0.2) is 34.9 Å². The fourth-order valence-corrected chi connectivity index (χ4v) is 4.47. The SMILES string of the molecule is C[C@H](NC(=O)c1cccc(C2=CCCS2(=O)=O)c1)c1nc(C2CC2)no1. The molecule has 136 valence electrons. The fraction of sp³-hybridized carbons (Fsp3) is 0.389. The highest BCUT2D eigenvalue weighted by Crippen LogP contribution is 2.38. The first-order valence-corrected chi connectivity index (χ1v) is 10.3. The molecule has 0 radical (unpaired) electrons. The lowest BCUT2D eigenvalue weighted by molar-refractivity contribution is 0.0932. The summed E-state index contributed by atoms with van der Waals surface area (Å²) in [5.41, 5.74) is 0.927. The molecule has 1 amide bonds. The fourth-order valence-electron chi connectivity index (χ4n) is 2.97. The molecule has 1 aromatic carbocycles. The largest absolute Gasteiger partial charge is 0.341 e.